The van der Waals surface area contributed by atoms with E-state index < -0.39 is 0 Å². The van der Waals surface area contributed by atoms with Crippen LogP contribution in [0.4, 0.5) is 0 Å². The number of halogens is 2. The molecule has 0 aliphatic carbocycles. The van der Waals surface area contributed by atoms with Crippen molar-refractivity contribution in [3.8, 4) is 0 Å². The zero-order chi connectivity index (χ0) is 8.39. The van der Waals surface area contributed by atoms with Crippen LogP contribution >= 0.6 is 24.8 Å². The van der Waals surface area contributed by atoms with Crippen molar-refractivity contribution in [3.05, 3.63) is 30.0 Å². The van der Waals surface area contributed by atoms with Crippen LogP contribution in [0.3, 0.4) is 0 Å². The lowest BCUT2D eigenvalue weighted by Crippen LogP contribution is -2.02. The van der Waals surface area contributed by atoms with Crippen LogP contribution in [0.1, 0.15) is 5.56 Å². The van der Waals surface area contributed by atoms with Crippen molar-refractivity contribution in [2.24, 2.45) is 5.73 Å². The lowest BCUT2D eigenvalue weighted by Gasteiger charge is -1.96. The van der Waals surface area contributed by atoms with Crippen LogP contribution in [0.2, 0.25) is 0 Å². The monoisotopic (exact) mass is 233 g/mol. The van der Waals surface area contributed by atoms with Crippen molar-refractivity contribution in [1.29, 1.82) is 0 Å². The number of aromatic nitrogens is 2. The number of nitrogens with zero attached hydrogens (tertiary/aromatic N) is 1. The van der Waals surface area contributed by atoms with Gasteiger partial charge in [-0.25, -0.2) is 0 Å². The molecule has 0 aliphatic heterocycles. The molecule has 2 aromatic rings. The maximum absolute atomic E-state index is 5.45. The molecule has 2 rings (SSSR count). The Morgan fingerprint density at radius 1 is 1.29 bits per heavy atom. The van der Waals surface area contributed by atoms with Crippen LogP contribution in [0.5, 0.6) is 0 Å². The molecule has 1 aromatic carbocycles. The summed E-state index contributed by atoms with van der Waals surface area (Å²) in [6, 6.07) is 6.24. The van der Waals surface area contributed by atoms with Gasteiger partial charge in [0.05, 0.1) is 11.7 Å². The number of fused-ring (bicyclic) bond motifs is 1. The molecule has 0 amide bonds. The van der Waals surface area contributed by atoms with E-state index in [1.807, 2.05) is 6.20 Å². The third-order valence-corrected chi connectivity index (χ3v) is 1.94. The second-order valence-electron chi connectivity index (χ2n) is 2.83. The first-order valence-corrected chi connectivity index (χ1v) is 4.02. The van der Waals surface area contributed by atoms with E-state index in [9.17, 15) is 0 Å². The molecule has 0 saturated carbocycles. The summed E-state index contributed by atoms with van der Waals surface area (Å²) >= 11 is 0. The Balaban J connectivity index is 0.000000845. The average Bonchev–Trinajstić information content (AvgIpc) is 2.51. The van der Waals surface area contributed by atoms with Crippen LogP contribution in [0.25, 0.3) is 10.9 Å². The zero-order valence-electron chi connectivity index (χ0n) is 7.56. The van der Waals surface area contributed by atoms with Crippen LogP contribution in [-0.4, -0.2) is 16.7 Å². The van der Waals surface area contributed by atoms with Crippen molar-refractivity contribution in [3.63, 3.8) is 0 Å². The topological polar surface area (TPSA) is 54.7 Å². The van der Waals surface area contributed by atoms with Crippen LogP contribution in [0, 0.1) is 0 Å². The minimum atomic E-state index is 0. The smallest absolute Gasteiger partial charge is 0.0653 e. The Labute approximate surface area is 94.9 Å². The molecule has 0 spiro atoms. The highest BCUT2D eigenvalue weighted by molar-refractivity contribution is 5.85. The van der Waals surface area contributed by atoms with Gasteiger partial charge in [0.2, 0.25) is 0 Å². The second-order valence-corrected chi connectivity index (χ2v) is 2.83. The number of aromatic amines is 1. The van der Waals surface area contributed by atoms with E-state index in [1.54, 1.807) is 0 Å². The largest absolute Gasteiger partial charge is 0.330 e. The Bertz CT molecular complexity index is 386. The van der Waals surface area contributed by atoms with Crippen molar-refractivity contribution in [2.45, 2.75) is 6.42 Å². The van der Waals surface area contributed by atoms with Crippen molar-refractivity contribution >= 4 is 35.7 Å². The highest BCUT2D eigenvalue weighted by atomic mass is 35.5. The Kier molecular flexibility index (Phi) is 5.53. The summed E-state index contributed by atoms with van der Waals surface area (Å²) in [4.78, 5) is 0. The number of nitrogens with one attached hydrogen (secondary N) is 1. The second kappa shape index (κ2) is 5.86. The summed E-state index contributed by atoms with van der Waals surface area (Å²) in [6.45, 7) is 0.694. The van der Waals surface area contributed by atoms with Gasteiger partial charge in [0.15, 0.2) is 0 Å². The third-order valence-electron chi connectivity index (χ3n) is 1.94. The van der Waals surface area contributed by atoms with Crippen molar-refractivity contribution < 1.29 is 0 Å². The van der Waals surface area contributed by atoms with E-state index in [0.29, 0.717) is 6.54 Å². The van der Waals surface area contributed by atoms with Crippen molar-refractivity contribution in [2.75, 3.05) is 6.54 Å². The molecule has 0 fully saturated rings. The maximum atomic E-state index is 5.45. The fourth-order valence-corrected chi connectivity index (χ4v) is 1.31. The Hall–Kier alpha value is -0.770. The van der Waals surface area contributed by atoms with Gasteiger partial charge in [0.1, 0.15) is 0 Å². The first-order chi connectivity index (χ1) is 5.90. The fraction of sp³-hybridized carbons (Fsp3) is 0.222. The molecule has 0 atom stereocenters. The molecule has 0 radical (unpaired) electrons. The van der Waals surface area contributed by atoms with E-state index in [0.717, 1.165) is 17.3 Å². The van der Waals surface area contributed by atoms with Gasteiger partial charge in [0.25, 0.3) is 0 Å². The van der Waals surface area contributed by atoms with E-state index in [1.165, 1.54) is 5.56 Å². The lowest BCUT2D eigenvalue weighted by molar-refractivity contribution is 0.970. The summed E-state index contributed by atoms with van der Waals surface area (Å²) in [5.41, 5.74) is 7.80. The summed E-state index contributed by atoms with van der Waals surface area (Å²) in [5.74, 6) is 0. The number of H-pyrrole nitrogens is 1. The van der Waals surface area contributed by atoms with E-state index in [4.69, 9.17) is 5.73 Å². The highest BCUT2D eigenvalue weighted by Crippen LogP contribution is 2.12. The summed E-state index contributed by atoms with van der Waals surface area (Å²) in [7, 11) is 0. The number of hydrogen-bond acceptors (Lipinski definition) is 2. The minimum Gasteiger partial charge on any atom is -0.330 e. The third kappa shape index (κ3) is 2.61. The van der Waals surface area contributed by atoms with E-state index in [2.05, 4.69) is 28.4 Å². The molecule has 1 aromatic heterocycles. The highest BCUT2D eigenvalue weighted by Gasteiger charge is 1.96. The number of benzene rings is 1. The molecule has 0 saturated heterocycles. The standard InChI is InChI=1S/C9H11N3.2ClH/c10-4-3-7-1-2-8-6-11-12-9(8)5-7;;/h1-2,5-6H,3-4,10H2,(H,11,12);2*1H. The van der Waals surface area contributed by atoms with Gasteiger partial charge in [0, 0.05) is 5.39 Å². The molecule has 3 nitrogen and oxygen atoms in total. The molecule has 0 bridgehead atoms. The first kappa shape index (κ1) is 13.2. The lowest BCUT2D eigenvalue weighted by atomic mass is 10.1. The van der Waals surface area contributed by atoms with Gasteiger partial charge in [-0.1, -0.05) is 12.1 Å². The van der Waals surface area contributed by atoms with Gasteiger partial charge >= 0.3 is 0 Å². The molecule has 5 heteroatoms. The van der Waals surface area contributed by atoms with Crippen LogP contribution in [-0.2, 0) is 6.42 Å². The molecule has 0 unspecified atom stereocenters. The van der Waals surface area contributed by atoms with E-state index >= 15 is 0 Å². The molecular formula is C9H13Cl2N3. The number of hydrogen-bond donors (Lipinski definition) is 2. The predicted octanol–water partition coefficient (Wildman–Crippen LogP) is 1.91. The molecule has 3 N–H and O–H groups in total. The number of rotatable bonds is 2. The zero-order valence-corrected chi connectivity index (χ0v) is 9.20. The molecule has 14 heavy (non-hydrogen) atoms. The molecule has 0 aliphatic rings. The van der Waals surface area contributed by atoms with Gasteiger partial charge in [-0.3, -0.25) is 5.10 Å². The Morgan fingerprint density at radius 2 is 2.07 bits per heavy atom. The van der Waals surface area contributed by atoms with Crippen LogP contribution in [0.15, 0.2) is 24.4 Å². The fourth-order valence-electron chi connectivity index (χ4n) is 1.31. The SMILES string of the molecule is Cl.Cl.NCCc1ccc2cn[nH]c2c1. The van der Waals surface area contributed by atoms with Crippen molar-refractivity contribution in [1.82, 2.24) is 10.2 Å². The quantitative estimate of drug-likeness (QED) is 0.833. The molecular weight excluding hydrogens is 221 g/mol. The van der Waals surface area contributed by atoms with Crippen LogP contribution < -0.4 is 5.73 Å². The van der Waals surface area contributed by atoms with E-state index in [-0.39, 0.29) is 24.8 Å². The summed E-state index contributed by atoms with van der Waals surface area (Å²) in [5, 5.41) is 8.02. The Morgan fingerprint density at radius 3 is 2.79 bits per heavy atom. The van der Waals surface area contributed by atoms with Gasteiger partial charge < -0.3 is 5.73 Å². The minimum absolute atomic E-state index is 0. The summed E-state index contributed by atoms with van der Waals surface area (Å²) in [6.07, 6.45) is 2.75. The van der Waals surface area contributed by atoms with Gasteiger partial charge in [-0.05, 0) is 24.6 Å². The molecule has 78 valence electrons. The first-order valence-electron chi connectivity index (χ1n) is 4.02. The average molecular weight is 234 g/mol. The number of nitrogens with two attached hydrogens (primary N) is 1. The predicted molar refractivity (Wildman–Crippen MR) is 63.3 cm³/mol. The maximum Gasteiger partial charge on any atom is 0.0653 e. The van der Waals surface area contributed by atoms with Gasteiger partial charge in [-0.15, -0.1) is 24.8 Å². The summed E-state index contributed by atoms with van der Waals surface area (Å²) < 4.78 is 0. The molecule has 1 heterocycles. The normalized spacial score (nSPS) is 9.21. The van der Waals surface area contributed by atoms with Gasteiger partial charge in [-0.2, -0.15) is 5.10 Å².